The van der Waals surface area contributed by atoms with Gasteiger partial charge in [0.15, 0.2) is 0 Å². The number of hydrogen-bond acceptors (Lipinski definition) is 4. The lowest BCUT2D eigenvalue weighted by Gasteiger charge is -2.27. The number of halogens is 3. The van der Waals surface area contributed by atoms with Crippen LogP contribution >= 0.6 is 11.3 Å². The highest BCUT2D eigenvalue weighted by Crippen LogP contribution is 2.33. The molecule has 0 spiro atoms. The second kappa shape index (κ2) is 6.83. The molecule has 0 fully saturated rings. The van der Waals surface area contributed by atoms with E-state index in [1.54, 1.807) is 17.4 Å². The second-order valence-corrected chi connectivity index (χ2v) is 6.69. The van der Waals surface area contributed by atoms with Crippen molar-refractivity contribution in [2.24, 2.45) is 0 Å². The van der Waals surface area contributed by atoms with E-state index >= 15 is 0 Å². The van der Waals surface area contributed by atoms with Crippen molar-refractivity contribution >= 4 is 17.0 Å². The Morgan fingerprint density at radius 2 is 2.12 bits per heavy atom. The largest absolute Gasteiger partial charge is 0.417 e. The zero-order chi connectivity index (χ0) is 17.2. The molecule has 2 heterocycles. The summed E-state index contributed by atoms with van der Waals surface area (Å²) in [5.74, 6) is 0. The van der Waals surface area contributed by atoms with Crippen molar-refractivity contribution in [2.45, 2.75) is 19.1 Å². The number of nitrogens with one attached hydrogen (secondary N) is 1. The Bertz CT molecular complexity index is 761. The Morgan fingerprint density at radius 1 is 1.29 bits per heavy atom. The number of thiophene rings is 1. The van der Waals surface area contributed by atoms with E-state index in [4.69, 9.17) is 5.26 Å². The monoisotopic (exact) mass is 351 g/mol. The topological polar surface area (TPSA) is 39.1 Å². The molecule has 1 aliphatic rings. The highest BCUT2D eigenvalue weighted by molar-refractivity contribution is 7.10. The first-order valence-corrected chi connectivity index (χ1v) is 8.48. The molecule has 0 saturated heterocycles. The molecule has 0 radical (unpaired) electrons. The third-order valence-electron chi connectivity index (χ3n) is 4.09. The van der Waals surface area contributed by atoms with Crippen molar-refractivity contribution in [3.63, 3.8) is 0 Å². The van der Waals surface area contributed by atoms with Crippen LogP contribution in [0.15, 0.2) is 29.6 Å². The van der Waals surface area contributed by atoms with E-state index in [2.05, 4.69) is 21.7 Å². The normalized spacial score (nSPS) is 14.9. The van der Waals surface area contributed by atoms with Crippen LogP contribution in [0.1, 0.15) is 21.6 Å². The van der Waals surface area contributed by atoms with Gasteiger partial charge < -0.3 is 5.32 Å². The van der Waals surface area contributed by atoms with Crippen LogP contribution in [0.3, 0.4) is 0 Å². The van der Waals surface area contributed by atoms with Crippen molar-refractivity contribution in [3.05, 3.63) is 51.2 Å². The molecular weight excluding hydrogens is 335 g/mol. The van der Waals surface area contributed by atoms with E-state index < -0.39 is 11.7 Å². The van der Waals surface area contributed by atoms with Crippen LogP contribution in [0.4, 0.5) is 18.9 Å². The molecule has 3 rings (SSSR count). The van der Waals surface area contributed by atoms with Gasteiger partial charge in [0, 0.05) is 36.7 Å². The lowest BCUT2D eigenvalue weighted by Crippen LogP contribution is -2.33. The van der Waals surface area contributed by atoms with Gasteiger partial charge in [0.05, 0.1) is 17.2 Å². The summed E-state index contributed by atoms with van der Waals surface area (Å²) in [6.07, 6.45) is -3.49. The molecule has 0 aliphatic carbocycles. The second-order valence-electron chi connectivity index (χ2n) is 5.69. The van der Waals surface area contributed by atoms with Gasteiger partial charge in [-0.15, -0.1) is 11.3 Å². The first-order valence-electron chi connectivity index (χ1n) is 7.60. The van der Waals surface area contributed by atoms with Crippen LogP contribution < -0.4 is 5.32 Å². The summed E-state index contributed by atoms with van der Waals surface area (Å²) in [4.78, 5) is 3.72. The van der Waals surface area contributed by atoms with Gasteiger partial charge in [-0.25, -0.2) is 0 Å². The predicted octanol–water partition coefficient (Wildman–Crippen LogP) is 4.11. The Hall–Kier alpha value is -2.04. The quantitative estimate of drug-likeness (QED) is 0.901. The Morgan fingerprint density at radius 3 is 2.88 bits per heavy atom. The van der Waals surface area contributed by atoms with Gasteiger partial charge in [-0.1, -0.05) is 0 Å². The molecule has 1 N–H and O–H groups in total. The van der Waals surface area contributed by atoms with Gasteiger partial charge in [-0.05, 0) is 41.6 Å². The maximum atomic E-state index is 13.0. The number of alkyl halides is 3. The van der Waals surface area contributed by atoms with E-state index in [0.29, 0.717) is 12.2 Å². The number of nitrogens with zero attached hydrogens (tertiary/aromatic N) is 2. The molecule has 2 aromatic rings. The van der Waals surface area contributed by atoms with Gasteiger partial charge in [0.25, 0.3) is 0 Å². The zero-order valence-electron chi connectivity index (χ0n) is 12.9. The van der Waals surface area contributed by atoms with E-state index in [1.165, 1.54) is 22.6 Å². The van der Waals surface area contributed by atoms with Gasteiger partial charge >= 0.3 is 6.18 Å². The zero-order valence-corrected chi connectivity index (χ0v) is 13.7. The van der Waals surface area contributed by atoms with Crippen molar-refractivity contribution in [3.8, 4) is 6.07 Å². The number of anilines is 1. The summed E-state index contributed by atoms with van der Waals surface area (Å²) in [5.41, 5.74) is 0.489. The smallest absolute Gasteiger partial charge is 0.384 e. The van der Waals surface area contributed by atoms with Gasteiger partial charge in [-0.3, -0.25) is 4.90 Å². The lowest BCUT2D eigenvalue weighted by molar-refractivity contribution is -0.137. The number of fused-ring (bicyclic) bond motifs is 1. The molecule has 24 heavy (non-hydrogen) atoms. The Kier molecular flexibility index (Phi) is 4.78. The molecule has 7 heteroatoms. The molecule has 0 saturated carbocycles. The third-order valence-corrected chi connectivity index (χ3v) is 5.11. The van der Waals surface area contributed by atoms with Crippen LogP contribution in [0.25, 0.3) is 0 Å². The van der Waals surface area contributed by atoms with E-state index in [1.807, 2.05) is 0 Å². The van der Waals surface area contributed by atoms with Gasteiger partial charge in [0.1, 0.15) is 0 Å². The number of hydrogen-bond donors (Lipinski definition) is 1. The molecule has 0 atom stereocenters. The third kappa shape index (κ3) is 3.71. The summed E-state index contributed by atoms with van der Waals surface area (Å²) >= 11 is 1.78. The average Bonchev–Trinajstić information content (AvgIpc) is 3.01. The molecule has 126 valence electrons. The van der Waals surface area contributed by atoms with Gasteiger partial charge in [0.2, 0.25) is 0 Å². The Balaban J connectivity index is 1.59. The first-order chi connectivity index (χ1) is 11.5. The molecule has 0 bridgehead atoms. The minimum atomic E-state index is -4.52. The van der Waals surface area contributed by atoms with E-state index in [0.717, 1.165) is 32.1 Å². The number of nitriles is 1. The fourth-order valence-corrected chi connectivity index (χ4v) is 3.73. The van der Waals surface area contributed by atoms with Crippen LogP contribution in [-0.4, -0.2) is 24.5 Å². The number of rotatable bonds is 4. The van der Waals surface area contributed by atoms with E-state index in [-0.39, 0.29) is 5.56 Å². The summed E-state index contributed by atoms with van der Waals surface area (Å²) in [6, 6.07) is 7.46. The molecule has 1 aromatic heterocycles. The fourth-order valence-electron chi connectivity index (χ4n) is 2.84. The summed E-state index contributed by atoms with van der Waals surface area (Å²) in [6.45, 7) is 3.18. The average molecular weight is 351 g/mol. The van der Waals surface area contributed by atoms with Crippen molar-refractivity contribution in [2.75, 3.05) is 25.0 Å². The van der Waals surface area contributed by atoms with Crippen LogP contribution in [0, 0.1) is 11.3 Å². The summed E-state index contributed by atoms with van der Waals surface area (Å²) < 4.78 is 38.9. The Labute approximate surface area is 142 Å². The minimum Gasteiger partial charge on any atom is -0.384 e. The standard InChI is InChI=1S/C17H16F3N3S/c18-17(19,20)15-9-14(2-1-12(15)10-21)22-5-7-23-6-3-16-13(11-23)4-8-24-16/h1-2,4,8-9,22H,3,5-7,11H2. The maximum absolute atomic E-state index is 13.0. The highest BCUT2D eigenvalue weighted by atomic mass is 32.1. The van der Waals surface area contributed by atoms with Crippen LogP contribution in [0.5, 0.6) is 0 Å². The van der Waals surface area contributed by atoms with Crippen LogP contribution in [-0.2, 0) is 19.1 Å². The van der Waals surface area contributed by atoms with Crippen molar-refractivity contribution in [1.29, 1.82) is 5.26 Å². The summed E-state index contributed by atoms with van der Waals surface area (Å²) in [7, 11) is 0. The molecule has 3 nitrogen and oxygen atoms in total. The molecule has 1 aromatic carbocycles. The number of benzene rings is 1. The van der Waals surface area contributed by atoms with Gasteiger partial charge in [-0.2, -0.15) is 18.4 Å². The van der Waals surface area contributed by atoms with Crippen molar-refractivity contribution < 1.29 is 13.2 Å². The fraction of sp³-hybridized carbons (Fsp3) is 0.353. The molecule has 1 aliphatic heterocycles. The van der Waals surface area contributed by atoms with Crippen LogP contribution in [0.2, 0.25) is 0 Å². The lowest BCUT2D eigenvalue weighted by atomic mass is 10.1. The summed E-state index contributed by atoms with van der Waals surface area (Å²) in [5, 5.41) is 13.9. The maximum Gasteiger partial charge on any atom is 0.417 e. The minimum absolute atomic E-state index is 0.353. The highest BCUT2D eigenvalue weighted by Gasteiger charge is 2.33. The predicted molar refractivity (Wildman–Crippen MR) is 87.9 cm³/mol. The van der Waals surface area contributed by atoms with Crippen molar-refractivity contribution in [1.82, 2.24) is 4.90 Å². The molecular formula is C17H16F3N3S. The molecule has 0 amide bonds. The SMILES string of the molecule is N#Cc1ccc(NCCN2CCc3sccc3C2)cc1C(F)(F)F. The van der Waals surface area contributed by atoms with E-state index in [9.17, 15) is 13.2 Å². The first kappa shape index (κ1) is 16.8. The molecule has 0 unspecified atom stereocenters.